The number of methoxy groups -OCH3 is 2. The van der Waals surface area contributed by atoms with Crippen molar-refractivity contribution in [1.29, 1.82) is 0 Å². The fourth-order valence-corrected chi connectivity index (χ4v) is 4.48. The van der Waals surface area contributed by atoms with Gasteiger partial charge in [0, 0.05) is 26.6 Å². The molecule has 34 heavy (non-hydrogen) atoms. The van der Waals surface area contributed by atoms with E-state index in [1.165, 1.54) is 23.4 Å². The molecule has 0 aliphatic rings. The van der Waals surface area contributed by atoms with Crippen molar-refractivity contribution in [2.75, 3.05) is 38.4 Å². The molecule has 0 radical (unpaired) electrons. The van der Waals surface area contributed by atoms with Gasteiger partial charge in [0.25, 0.3) is 0 Å². The summed E-state index contributed by atoms with van der Waals surface area (Å²) in [6, 6.07) is 13.3. The van der Waals surface area contributed by atoms with Gasteiger partial charge in [-0.25, -0.2) is 8.42 Å². The van der Waals surface area contributed by atoms with Gasteiger partial charge >= 0.3 is 0 Å². The third-order valence-electron chi connectivity index (χ3n) is 5.41. The van der Waals surface area contributed by atoms with Crippen molar-refractivity contribution in [3.05, 3.63) is 54.1 Å². The lowest BCUT2D eigenvalue weighted by molar-refractivity contribution is -0.140. The number of hydrogen-bond acceptors (Lipinski definition) is 6. The summed E-state index contributed by atoms with van der Waals surface area (Å²) in [5.74, 6) is 0.735. The van der Waals surface area contributed by atoms with Crippen LogP contribution in [0.1, 0.15) is 25.3 Å². The molecule has 186 valence electrons. The second-order valence-electron chi connectivity index (χ2n) is 7.80. The Morgan fingerprint density at radius 3 is 2.24 bits per heavy atom. The molecule has 2 amide bonds. The van der Waals surface area contributed by atoms with Gasteiger partial charge in [-0.2, -0.15) is 0 Å². The number of amides is 2. The van der Waals surface area contributed by atoms with Crippen LogP contribution in [0.2, 0.25) is 0 Å². The Hall–Kier alpha value is -3.27. The van der Waals surface area contributed by atoms with Gasteiger partial charge in [0.2, 0.25) is 21.8 Å². The first-order valence-corrected chi connectivity index (χ1v) is 12.7. The molecule has 1 atom stereocenters. The van der Waals surface area contributed by atoms with E-state index in [0.29, 0.717) is 17.2 Å². The predicted molar refractivity (Wildman–Crippen MR) is 131 cm³/mol. The molecule has 2 aromatic carbocycles. The van der Waals surface area contributed by atoms with Crippen molar-refractivity contribution < 1.29 is 27.5 Å². The number of anilines is 1. The average Bonchev–Trinajstić information content (AvgIpc) is 2.83. The van der Waals surface area contributed by atoms with Crippen LogP contribution in [0.15, 0.2) is 48.5 Å². The van der Waals surface area contributed by atoms with Gasteiger partial charge in [0.05, 0.1) is 26.2 Å². The van der Waals surface area contributed by atoms with Crippen LogP contribution in [0.3, 0.4) is 0 Å². The van der Waals surface area contributed by atoms with E-state index < -0.39 is 16.1 Å². The number of ether oxygens (including phenoxy) is 2. The Balaban J connectivity index is 2.15. The van der Waals surface area contributed by atoms with Crippen LogP contribution in [0, 0.1) is 0 Å². The van der Waals surface area contributed by atoms with Gasteiger partial charge < -0.3 is 19.7 Å². The maximum Gasteiger partial charge on any atom is 0.242 e. The lowest BCUT2D eigenvalue weighted by atomic mass is 10.1. The largest absolute Gasteiger partial charge is 0.497 e. The fraction of sp³-hybridized carbons (Fsp3) is 0.417. The van der Waals surface area contributed by atoms with Crippen molar-refractivity contribution in [1.82, 2.24) is 10.2 Å². The number of nitrogens with zero attached hydrogens (tertiary/aromatic N) is 2. The van der Waals surface area contributed by atoms with Crippen molar-refractivity contribution in [2.45, 2.75) is 32.4 Å². The van der Waals surface area contributed by atoms with Crippen LogP contribution >= 0.6 is 0 Å². The summed E-state index contributed by atoms with van der Waals surface area (Å²) in [7, 11) is 1.06. The molecule has 0 unspecified atom stereocenters. The summed E-state index contributed by atoms with van der Waals surface area (Å²) in [5, 5.41) is 2.58. The zero-order valence-corrected chi connectivity index (χ0v) is 21.1. The Labute approximate surface area is 201 Å². The van der Waals surface area contributed by atoms with E-state index in [2.05, 4.69) is 5.32 Å². The monoisotopic (exact) mass is 491 g/mol. The Kier molecular flexibility index (Phi) is 9.73. The lowest BCUT2D eigenvalue weighted by Crippen LogP contribution is -2.46. The molecule has 0 aliphatic carbocycles. The summed E-state index contributed by atoms with van der Waals surface area (Å²) >= 11 is 0. The number of benzene rings is 2. The Bertz CT molecular complexity index is 1070. The molecule has 0 heterocycles. The van der Waals surface area contributed by atoms with Crippen LogP contribution in [-0.2, 0) is 26.2 Å². The van der Waals surface area contributed by atoms with Gasteiger partial charge in [-0.15, -0.1) is 0 Å². The number of carbonyl (C=O) groups excluding carboxylic acids is 2. The molecule has 0 aliphatic heterocycles. The second kappa shape index (κ2) is 12.3. The molecule has 9 nitrogen and oxygen atoms in total. The first-order valence-electron chi connectivity index (χ1n) is 10.9. The summed E-state index contributed by atoms with van der Waals surface area (Å²) in [5.41, 5.74) is 1.31. The quantitative estimate of drug-likeness (QED) is 0.489. The van der Waals surface area contributed by atoms with Gasteiger partial charge in [-0.05, 0) is 55.3 Å². The normalized spacial score (nSPS) is 11.9. The SMILES string of the molecule is CNC(=O)[C@@H](C)N(Cc1cccc(OC)c1)C(=O)CCCN(c1ccc(OC)cc1)S(C)(=O)=O. The third-order valence-corrected chi connectivity index (χ3v) is 6.61. The number of rotatable bonds is 12. The topological polar surface area (TPSA) is 105 Å². The van der Waals surface area contributed by atoms with Gasteiger partial charge in [-0.1, -0.05) is 12.1 Å². The molecule has 0 saturated heterocycles. The second-order valence-corrected chi connectivity index (χ2v) is 9.71. The van der Waals surface area contributed by atoms with Crippen LogP contribution in [0.5, 0.6) is 11.5 Å². The number of sulfonamides is 1. The van der Waals surface area contributed by atoms with Crippen LogP contribution in [0.25, 0.3) is 0 Å². The zero-order valence-electron chi connectivity index (χ0n) is 20.3. The molecule has 0 aromatic heterocycles. The van der Waals surface area contributed by atoms with E-state index in [-0.39, 0.29) is 37.7 Å². The minimum Gasteiger partial charge on any atom is -0.497 e. The maximum atomic E-state index is 13.1. The highest BCUT2D eigenvalue weighted by molar-refractivity contribution is 7.92. The zero-order chi connectivity index (χ0) is 25.3. The number of carbonyl (C=O) groups is 2. The molecule has 2 rings (SSSR count). The Morgan fingerprint density at radius 1 is 1.03 bits per heavy atom. The van der Waals surface area contributed by atoms with Gasteiger partial charge in [0.15, 0.2) is 0 Å². The molecule has 0 fully saturated rings. The molecule has 2 aromatic rings. The van der Waals surface area contributed by atoms with E-state index in [9.17, 15) is 18.0 Å². The minimum atomic E-state index is -3.56. The van der Waals surface area contributed by atoms with Gasteiger partial charge in [-0.3, -0.25) is 13.9 Å². The molecule has 0 bridgehead atoms. The van der Waals surface area contributed by atoms with E-state index in [1.54, 1.807) is 44.4 Å². The van der Waals surface area contributed by atoms with E-state index in [4.69, 9.17) is 9.47 Å². The van der Waals surface area contributed by atoms with E-state index in [0.717, 1.165) is 11.8 Å². The number of nitrogens with one attached hydrogen (secondary N) is 1. The summed E-state index contributed by atoms with van der Waals surface area (Å²) < 4.78 is 36.4. The number of likely N-dealkylation sites (N-methyl/N-ethyl adjacent to an activating group) is 1. The molecule has 1 N–H and O–H groups in total. The van der Waals surface area contributed by atoms with Gasteiger partial charge in [0.1, 0.15) is 17.5 Å². The van der Waals surface area contributed by atoms with Crippen LogP contribution in [-0.4, -0.2) is 65.2 Å². The van der Waals surface area contributed by atoms with Crippen LogP contribution < -0.4 is 19.1 Å². The highest BCUT2D eigenvalue weighted by Crippen LogP contribution is 2.22. The summed E-state index contributed by atoms with van der Waals surface area (Å²) in [6.45, 7) is 2.01. The Morgan fingerprint density at radius 2 is 1.68 bits per heavy atom. The van der Waals surface area contributed by atoms with Crippen molar-refractivity contribution in [2.24, 2.45) is 0 Å². The smallest absolute Gasteiger partial charge is 0.242 e. The van der Waals surface area contributed by atoms with Crippen molar-refractivity contribution in [3.63, 3.8) is 0 Å². The predicted octanol–water partition coefficient (Wildman–Crippen LogP) is 2.41. The summed E-state index contributed by atoms with van der Waals surface area (Å²) in [6.07, 6.45) is 1.49. The molecular formula is C24H33N3O6S. The standard InChI is InChI=1S/C24H33N3O6S/c1-18(24(29)25-2)26(17-19-8-6-9-22(16-19)33-4)23(28)10-7-15-27(34(5,30)31)20-11-13-21(32-3)14-12-20/h6,8-9,11-14,16,18H,7,10,15,17H2,1-5H3,(H,25,29)/t18-/m1/s1. The minimum absolute atomic E-state index is 0.0769. The van der Waals surface area contributed by atoms with Crippen LogP contribution in [0.4, 0.5) is 5.69 Å². The average molecular weight is 492 g/mol. The first-order chi connectivity index (χ1) is 16.1. The fourth-order valence-electron chi connectivity index (χ4n) is 3.51. The number of hydrogen-bond donors (Lipinski definition) is 1. The molecule has 0 saturated carbocycles. The van der Waals surface area contributed by atoms with E-state index in [1.807, 2.05) is 18.2 Å². The highest BCUT2D eigenvalue weighted by atomic mass is 32.2. The first kappa shape index (κ1) is 27.0. The summed E-state index contributed by atoms with van der Waals surface area (Å²) in [4.78, 5) is 26.9. The van der Waals surface area contributed by atoms with Crippen molar-refractivity contribution in [3.8, 4) is 11.5 Å². The highest BCUT2D eigenvalue weighted by Gasteiger charge is 2.26. The maximum absolute atomic E-state index is 13.1. The third kappa shape index (κ3) is 7.38. The van der Waals surface area contributed by atoms with Crippen molar-refractivity contribution >= 4 is 27.5 Å². The molecular weight excluding hydrogens is 458 g/mol. The molecule has 10 heteroatoms. The molecule has 0 spiro atoms. The van der Waals surface area contributed by atoms with E-state index >= 15 is 0 Å². The lowest BCUT2D eigenvalue weighted by Gasteiger charge is -2.29.